The molecule has 0 spiro atoms. The van der Waals surface area contributed by atoms with Crippen molar-refractivity contribution < 1.29 is 27.2 Å². The van der Waals surface area contributed by atoms with Crippen molar-refractivity contribution in [1.82, 2.24) is 15.1 Å². The zero-order valence-corrected chi connectivity index (χ0v) is 17.3. The van der Waals surface area contributed by atoms with Gasteiger partial charge in [-0.25, -0.2) is 4.39 Å². The van der Waals surface area contributed by atoms with Crippen LogP contribution in [-0.4, -0.2) is 71.6 Å². The van der Waals surface area contributed by atoms with Crippen molar-refractivity contribution in [3.05, 3.63) is 29.0 Å². The molecule has 2 heterocycles. The van der Waals surface area contributed by atoms with Crippen molar-refractivity contribution in [3.8, 4) is 0 Å². The van der Waals surface area contributed by atoms with Crippen LogP contribution in [0.1, 0.15) is 20.3 Å². The molecular weight excluding hydrogens is 428 g/mol. The number of carbonyl (C=O) groups excluding carboxylic acids is 2. The number of anilines is 1. The molecule has 2 aliphatic heterocycles. The molecule has 2 aliphatic rings. The number of benzene rings is 1. The minimum absolute atomic E-state index is 0.00818. The first-order valence-electron chi connectivity index (χ1n) is 9.46. The number of amides is 2. The van der Waals surface area contributed by atoms with Crippen molar-refractivity contribution in [2.45, 2.75) is 44.1 Å². The molecule has 11 heteroatoms. The first-order chi connectivity index (χ1) is 13.8. The summed E-state index contributed by atoms with van der Waals surface area (Å²) in [6, 6.07) is 3.77. The van der Waals surface area contributed by atoms with Crippen LogP contribution in [0, 0.1) is 5.82 Å². The van der Waals surface area contributed by atoms with Crippen molar-refractivity contribution in [1.29, 1.82) is 0 Å². The fraction of sp³-hybridized carbons (Fsp3) is 0.579. The van der Waals surface area contributed by atoms with Crippen LogP contribution in [0.3, 0.4) is 0 Å². The molecule has 30 heavy (non-hydrogen) atoms. The van der Waals surface area contributed by atoms with Crippen molar-refractivity contribution in [2.75, 3.05) is 31.5 Å². The smallest absolute Gasteiger partial charge is 0.341 e. The Kier molecular flexibility index (Phi) is 6.31. The van der Waals surface area contributed by atoms with E-state index in [4.69, 9.17) is 11.6 Å². The van der Waals surface area contributed by atoms with Gasteiger partial charge in [-0.15, -0.1) is 0 Å². The van der Waals surface area contributed by atoms with Crippen LogP contribution in [0.4, 0.5) is 23.2 Å². The van der Waals surface area contributed by atoms with E-state index in [-0.39, 0.29) is 41.8 Å². The van der Waals surface area contributed by atoms with Crippen LogP contribution in [0.25, 0.3) is 0 Å². The predicted octanol–water partition coefficient (Wildman–Crippen LogP) is 2.63. The summed E-state index contributed by atoms with van der Waals surface area (Å²) >= 11 is 5.78. The lowest BCUT2D eigenvalue weighted by Gasteiger charge is -2.34. The Balaban J connectivity index is 1.48. The van der Waals surface area contributed by atoms with Gasteiger partial charge in [-0.2, -0.15) is 13.2 Å². The number of carbonyl (C=O) groups is 2. The lowest BCUT2D eigenvalue weighted by atomic mass is 10.1. The van der Waals surface area contributed by atoms with Gasteiger partial charge >= 0.3 is 6.18 Å². The number of halogens is 5. The maximum Gasteiger partial charge on any atom is 0.410 e. The first-order valence-corrected chi connectivity index (χ1v) is 9.83. The summed E-state index contributed by atoms with van der Waals surface area (Å²) in [5.41, 5.74) is -2.04. The van der Waals surface area contributed by atoms with Crippen LogP contribution >= 0.6 is 11.6 Å². The molecule has 0 saturated carbocycles. The largest absolute Gasteiger partial charge is 0.410 e. The molecule has 166 valence electrons. The third-order valence-corrected chi connectivity index (χ3v) is 5.69. The Labute approximate surface area is 176 Å². The molecule has 6 nitrogen and oxygen atoms in total. The Morgan fingerprint density at radius 3 is 2.13 bits per heavy atom. The second kappa shape index (κ2) is 8.32. The van der Waals surface area contributed by atoms with E-state index in [1.165, 1.54) is 12.1 Å². The molecular formula is C19H23ClF4N4O2. The number of likely N-dealkylation sites (tertiary alicyclic amines) is 2. The summed E-state index contributed by atoms with van der Waals surface area (Å²) in [4.78, 5) is 28.2. The Morgan fingerprint density at radius 2 is 1.63 bits per heavy atom. The molecule has 1 aromatic carbocycles. The van der Waals surface area contributed by atoms with Crippen LogP contribution in [0.2, 0.25) is 5.02 Å². The highest BCUT2D eigenvalue weighted by Crippen LogP contribution is 2.32. The fourth-order valence-corrected chi connectivity index (χ4v) is 4.10. The summed E-state index contributed by atoms with van der Waals surface area (Å²) in [5.74, 6) is -1.56. The zero-order valence-electron chi connectivity index (χ0n) is 16.5. The van der Waals surface area contributed by atoms with Gasteiger partial charge in [0, 0.05) is 35.9 Å². The maximum absolute atomic E-state index is 13.4. The average molecular weight is 451 g/mol. The van der Waals surface area contributed by atoms with E-state index < -0.39 is 23.4 Å². The van der Waals surface area contributed by atoms with E-state index in [1.54, 1.807) is 0 Å². The van der Waals surface area contributed by atoms with Gasteiger partial charge in [0.05, 0.1) is 13.1 Å². The van der Waals surface area contributed by atoms with E-state index in [2.05, 4.69) is 5.32 Å². The van der Waals surface area contributed by atoms with Crippen molar-refractivity contribution in [3.63, 3.8) is 0 Å². The molecule has 2 amide bonds. The number of nitrogens with one attached hydrogen (secondary N) is 2. The second-order valence-corrected chi connectivity index (χ2v) is 8.72. The van der Waals surface area contributed by atoms with Crippen molar-refractivity contribution in [2.24, 2.45) is 0 Å². The SMILES string of the molecule is CC(C)(NC(=O)CN1CC2CC1CN2CC(=O)Nc1cc(F)cc(Cl)c1)C(F)(F)F. The van der Waals surface area contributed by atoms with Crippen LogP contribution in [0.15, 0.2) is 18.2 Å². The first kappa shape index (κ1) is 22.8. The highest BCUT2D eigenvalue weighted by molar-refractivity contribution is 6.30. The minimum atomic E-state index is -4.54. The van der Waals surface area contributed by atoms with Gasteiger partial charge in [-0.3, -0.25) is 19.4 Å². The Bertz CT molecular complexity index is 813. The Hall–Kier alpha value is -1.91. The molecule has 2 unspecified atom stereocenters. The monoisotopic (exact) mass is 450 g/mol. The fourth-order valence-electron chi connectivity index (χ4n) is 3.87. The van der Waals surface area contributed by atoms with Gasteiger partial charge in [-0.1, -0.05) is 11.6 Å². The number of hydrogen-bond acceptors (Lipinski definition) is 4. The van der Waals surface area contributed by atoms with E-state index in [0.29, 0.717) is 13.1 Å². The molecule has 1 aromatic rings. The van der Waals surface area contributed by atoms with E-state index in [9.17, 15) is 27.2 Å². The maximum atomic E-state index is 13.4. The van der Waals surface area contributed by atoms with Crippen LogP contribution in [0.5, 0.6) is 0 Å². The van der Waals surface area contributed by atoms with Crippen LogP contribution < -0.4 is 10.6 Å². The lowest BCUT2D eigenvalue weighted by molar-refractivity contribution is -0.188. The highest BCUT2D eigenvalue weighted by atomic mass is 35.5. The van der Waals surface area contributed by atoms with Crippen LogP contribution in [-0.2, 0) is 9.59 Å². The molecule has 2 bridgehead atoms. The van der Waals surface area contributed by atoms with E-state index in [0.717, 1.165) is 26.3 Å². The molecule has 2 atom stereocenters. The number of piperazine rings is 1. The summed E-state index contributed by atoms with van der Waals surface area (Å²) < 4.78 is 52.2. The van der Waals surface area contributed by atoms with Crippen molar-refractivity contribution >= 4 is 29.1 Å². The van der Waals surface area contributed by atoms with Gasteiger partial charge in [0.25, 0.3) is 0 Å². The summed E-state index contributed by atoms with van der Waals surface area (Å²) in [5, 5.41) is 4.82. The molecule has 2 fully saturated rings. The molecule has 0 aliphatic carbocycles. The quantitative estimate of drug-likeness (QED) is 0.654. The highest BCUT2D eigenvalue weighted by Gasteiger charge is 2.49. The Morgan fingerprint density at radius 1 is 1.07 bits per heavy atom. The third kappa shape index (κ3) is 5.22. The molecule has 3 rings (SSSR count). The normalized spacial score (nSPS) is 22.4. The van der Waals surface area contributed by atoms with Gasteiger partial charge in [-0.05, 0) is 38.5 Å². The second-order valence-electron chi connectivity index (χ2n) is 8.28. The van der Waals surface area contributed by atoms with Gasteiger partial charge < -0.3 is 10.6 Å². The molecule has 2 saturated heterocycles. The summed E-state index contributed by atoms with van der Waals surface area (Å²) in [6.45, 7) is 2.83. The molecule has 2 N–H and O–H groups in total. The zero-order chi connectivity index (χ0) is 22.3. The van der Waals surface area contributed by atoms with Gasteiger partial charge in [0.15, 0.2) is 0 Å². The minimum Gasteiger partial charge on any atom is -0.341 e. The van der Waals surface area contributed by atoms with Gasteiger partial charge in [0.2, 0.25) is 11.8 Å². The van der Waals surface area contributed by atoms with Gasteiger partial charge in [0.1, 0.15) is 11.4 Å². The predicted molar refractivity (Wildman–Crippen MR) is 104 cm³/mol. The number of hydrogen-bond donors (Lipinski definition) is 2. The molecule has 0 radical (unpaired) electrons. The number of rotatable bonds is 6. The number of nitrogens with zero attached hydrogens (tertiary/aromatic N) is 2. The number of fused-ring (bicyclic) bond motifs is 2. The standard InChI is InChI=1S/C19H23ClF4N4O2/c1-18(2,19(22,23)24)26-17(30)10-28-8-14-6-15(28)7-27(14)9-16(29)25-13-4-11(20)3-12(21)5-13/h3-5,14-15H,6-10H2,1-2H3,(H,25,29)(H,26,30). The third-order valence-electron chi connectivity index (χ3n) is 5.47. The number of alkyl halides is 3. The van der Waals surface area contributed by atoms with E-state index in [1.807, 2.05) is 15.1 Å². The topological polar surface area (TPSA) is 64.7 Å². The summed E-state index contributed by atoms with van der Waals surface area (Å²) in [6.07, 6.45) is -3.81. The molecule has 0 aromatic heterocycles. The van der Waals surface area contributed by atoms with E-state index >= 15 is 0 Å². The lowest BCUT2D eigenvalue weighted by Crippen LogP contribution is -2.57. The summed E-state index contributed by atoms with van der Waals surface area (Å²) in [7, 11) is 0. The average Bonchev–Trinajstić information content (AvgIpc) is 3.11.